The summed E-state index contributed by atoms with van der Waals surface area (Å²) in [5, 5.41) is 3.81. The normalized spacial score (nSPS) is 27.2. The van der Waals surface area contributed by atoms with Crippen molar-refractivity contribution in [1.82, 2.24) is 5.32 Å². The van der Waals surface area contributed by atoms with E-state index in [4.69, 9.17) is 4.74 Å². The van der Waals surface area contributed by atoms with Crippen LogP contribution >= 0.6 is 0 Å². The molecule has 1 aromatic carbocycles. The quantitative estimate of drug-likeness (QED) is 0.883. The highest BCUT2D eigenvalue weighted by molar-refractivity contribution is 5.41. The maximum Gasteiger partial charge on any atom is 0.123 e. The predicted octanol–water partition coefficient (Wildman–Crippen LogP) is 4.46. The third-order valence-corrected chi connectivity index (χ3v) is 5.13. The molecule has 1 heterocycles. The molecule has 0 amide bonds. The summed E-state index contributed by atoms with van der Waals surface area (Å²) in [5.74, 6) is 1.95. The lowest BCUT2D eigenvalue weighted by atomic mass is 9.83. The van der Waals surface area contributed by atoms with E-state index in [-0.39, 0.29) is 5.60 Å². The lowest BCUT2D eigenvalue weighted by Crippen LogP contribution is -2.37. The molecule has 1 aliphatic heterocycles. The van der Waals surface area contributed by atoms with Crippen LogP contribution in [-0.2, 0) is 13.0 Å². The monoisotopic (exact) mass is 287 g/mol. The Balaban J connectivity index is 1.61. The van der Waals surface area contributed by atoms with Crippen molar-refractivity contribution in [2.45, 2.75) is 77.5 Å². The highest BCUT2D eigenvalue weighted by Gasteiger charge is 2.30. The van der Waals surface area contributed by atoms with E-state index in [1.807, 2.05) is 0 Å². The molecule has 2 nitrogen and oxygen atoms in total. The minimum absolute atomic E-state index is 0.0366. The minimum atomic E-state index is -0.0366. The molecule has 2 atom stereocenters. The molecule has 1 aliphatic carbocycles. The Labute approximate surface area is 129 Å². The summed E-state index contributed by atoms with van der Waals surface area (Å²) in [6.07, 6.45) is 7.89. The molecule has 1 N–H and O–H groups in total. The lowest BCUT2D eigenvalue weighted by molar-refractivity contribution is 0.138. The Hall–Kier alpha value is -1.02. The number of benzene rings is 1. The van der Waals surface area contributed by atoms with Gasteiger partial charge in [0.1, 0.15) is 11.4 Å². The van der Waals surface area contributed by atoms with Crippen LogP contribution in [0.3, 0.4) is 0 Å². The van der Waals surface area contributed by atoms with Crippen molar-refractivity contribution in [3.05, 3.63) is 29.3 Å². The van der Waals surface area contributed by atoms with Gasteiger partial charge in [0.05, 0.1) is 0 Å². The number of nitrogens with one attached hydrogen (secondary N) is 1. The van der Waals surface area contributed by atoms with Gasteiger partial charge >= 0.3 is 0 Å². The van der Waals surface area contributed by atoms with Crippen LogP contribution in [0.4, 0.5) is 0 Å². The van der Waals surface area contributed by atoms with Crippen molar-refractivity contribution in [2.75, 3.05) is 0 Å². The zero-order chi connectivity index (χ0) is 14.9. The second-order valence-electron chi connectivity index (χ2n) is 7.42. The molecular weight excluding hydrogens is 258 g/mol. The molecule has 2 unspecified atom stereocenters. The van der Waals surface area contributed by atoms with Crippen LogP contribution in [0, 0.1) is 5.92 Å². The van der Waals surface area contributed by atoms with Gasteiger partial charge in [0.15, 0.2) is 0 Å². The van der Waals surface area contributed by atoms with Crippen molar-refractivity contribution < 1.29 is 4.74 Å². The zero-order valence-electron chi connectivity index (χ0n) is 13.7. The molecule has 2 aliphatic rings. The Morgan fingerprint density at radius 3 is 2.86 bits per heavy atom. The van der Waals surface area contributed by atoms with E-state index in [0.29, 0.717) is 6.04 Å². The fourth-order valence-corrected chi connectivity index (χ4v) is 3.99. The first-order valence-electron chi connectivity index (χ1n) is 8.61. The number of ether oxygens (including phenoxy) is 1. The van der Waals surface area contributed by atoms with E-state index in [1.54, 1.807) is 0 Å². The second-order valence-corrected chi connectivity index (χ2v) is 7.42. The van der Waals surface area contributed by atoms with Gasteiger partial charge < -0.3 is 10.1 Å². The summed E-state index contributed by atoms with van der Waals surface area (Å²) < 4.78 is 5.96. The average molecular weight is 287 g/mol. The van der Waals surface area contributed by atoms with Crippen LogP contribution in [-0.4, -0.2) is 11.6 Å². The summed E-state index contributed by atoms with van der Waals surface area (Å²) in [6, 6.07) is 7.42. The molecule has 1 saturated carbocycles. The van der Waals surface area contributed by atoms with Crippen LogP contribution in [0.2, 0.25) is 0 Å². The molecular formula is C19H29NO. The van der Waals surface area contributed by atoms with Crippen LogP contribution < -0.4 is 10.1 Å². The summed E-state index contributed by atoms with van der Waals surface area (Å²) in [5.41, 5.74) is 2.73. The van der Waals surface area contributed by atoms with Gasteiger partial charge in [0.2, 0.25) is 0 Å². The third-order valence-electron chi connectivity index (χ3n) is 5.13. The SMILES string of the molecule is CCC1CCCCC1NCc1ccc2c(c1)CC(C)(C)O2. The van der Waals surface area contributed by atoms with Gasteiger partial charge in [-0.3, -0.25) is 0 Å². The smallest absolute Gasteiger partial charge is 0.123 e. The molecule has 1 aromatic rings. The fraction of sp³-hybridized carbons (Fsp3) is 0.684. The van der Waals surface area contributed by atoms with E-state index in [0.717, 1.165) is 24.6 Å². The Kier molecular flexibility index (Phi) is 4.26. The van der Waals surface area contributed by atoms with E-state index in [1.165, 1.54) is 43.2 Å². The lowest BCUT2D eigenvalue weighted by Gasteiger charge is -2.31. The van der Waals surface area contributed by atoms with Crippen molar-refractivity contribution in [3.8, 4) is 5.75 Å². The molecule has 1 fully saturated rings. The van der Waals surface area contributed by atoms with Gasteiger partial charge in [-0.1, -0.05) is 38.3 Å². The maximum atomic E-state index is 5.96. The van der Waals surface area contributed by atoms with E-state index < -0.39 is 0 Å². The summed E-state index contributed by atoms with van der Waals surface area (Å²) in [6.45, 7) is 7.66. The largest absolute Gasteiger partial charge is 0.487 e. The summed E-state index contributed by atoms with van der Waals surface area (Å²) >= 11 is 0. The Morgan fingerprint density at radius 2 is 2.05 bits per heavy atom. The summed E-state index contributed by atoms with van der Waals surface area (Å²) in [4.78, 5) is 0. The van der Waals surface area contributed by atoms with E-state index >= 15 is 0 Å². The van der Waals surface area contributed by atoms with Gasteiger partial charge in [0.25, 0.3) is 0 Å². The Morgan fingerprint density at radius 1 is 1.24 bits per heavy atom. The predicted molar refractivity (Wildman–Crippen MR) is 87.7 cm³/mol. The molecule has 0 spiro atoms. The van der Waals surface area contributed by atoms with Gasteiger partial charge in [-0.05, 0) is 49.8 Å². The first-order chi connectivity index (χ1) is 10.1. The van der Waals surface area contributed by atoms with Crippen molar-refractivity contribution in [3.63, 3.8) is 0 Å². The first kappa shape index (κ1) is 14.9. The number of hydrogen-bond donors (Lipinski definition) is 1. The number of rotatable bonds is 4. The molecule has 3 rings (SSSR count). The maximum absolute atomic E-state index is 5.96. The number of hydrogen-bond acceptors (Lipinski definition) is 2. The van der Waals surface area contributed by atoms with Crippen molar-refractivity contribution in [2.24, 2.45) is 5.92 Å². The molecule has 0 saturated heterocycles. The van der Waals surface area contributed by atoms with E-state index in [9.17, 15) is 0 Å². The molecule has 0 aromatic heterocycles. The molecule has 21 heavy (non-hydrogen) atoms. The van der Waals surface area contributed by atoms with Crippen molar-refractivity contribution in [1.29, 1.82) is 0 Å². The molecule has 0 radical (unpaired) electrons. The topological polar surface area (TPSA) is 21.3 Å². The van der Waals surface area contributed by atoms with Gasteiger partial charge in [0, 0.05) is 19.0 Å². The van der Waals surface area contributed by atoms with Gasteiger partial charge in [-0.15, -0.1) is 0 Å². The van der Waals surface area contributed by atoms with Crippen LogP contribution in [0.25, 0.3) is 0 Å². The van der Waals surface area contributed by atoms with Crippen molar-refractivity contribution >= 4 is 0 Å². The highest BCUT2D eigenvalue weighted by atomic mass is 16.5. The van der Waals surface area contributed by atoms with E-state index in [2.05, 4.69) is 44.3 Å². The average Bonchev–Trinajstić information content (AvgIpc) is 2.78. The fourth-order valence-electron chi connectivity index (χ4n) is 3.99. The molecule has 0 bridgehead atoms. The third kappa shape index (κ3) is 3.42. The van der Waals surface area contributed by atoms with Crippen LogP contribution in [0.1, 0.15) is 64.0 Å². The standard InChI is InChI=1S/C19H29NO/c1-4-15-7-5-6-8-17(15)20-13-14-9-10-18-16(11-14)12-19(2,3)21-18/h9-11,15,17,20H,4-8,12-13H2,1-3H3. The minimum Gasteiger partial charge on any atom is -0.487 e. The first-order valence-corrected chi connectivity index (χ1v) is 8.61. The number of fused-ring (bicyclic) bond motifs is 1. The van der Waals surface area contributed by atoms with Crippen LogP contribution in [0.15, 0.2) is 18.2 Å². The second kappa shape index (κ2) is 6.00. The molecule has 2 heteroatoms. The van der Waals surface area contributed by atoms with Crippen LogP contribution in [0.5, 0.6) is 5.75 Å². The zero-order valence-corrected chi connectivity index (χ0v) is 13.7. The van der Waals surface area contributed by atoms with Gasteiger partial charge in [-0.25, -0.2) is 0 Å². The summed E-state index contributed by atoms with van der Waals surface area (Å²) in [7, 11) is 0. The van der Waals surface area contributed by atoms with Gasteiger partial charge in [-0.2, -0.15) is 0 Å². The Bertz CT molecular complexity index is 494. The molecule has 116 valence electrons. The highest BCUT2D eigenvalue weighted by Crippen LogP contribution is 2.35.